The average molecular weight is 390 g/mol. The number of hydrogen-bond acceptors (Lipinski definition) is 3. The highest BCUT2D eigenvalue weighted by molar-refractivity contribution is 5.86. The van der Waals surface area contributed by atoms with Crippen LogP contribution in [0.15, 0.2) is 55.1 Å². The highest BCUT2D eigenvalue weighted by Gasteiger charge is 2.35. The molecule has 1 aromatic heterocycles. The van der Waals surface area contributed by atoms with Gasteiger partial charge in [-0.2, -0.15) is 0 Å². The molecule has 0 unspecified atom stereocenters. The molecule has 2 aromatic carbocycles. The second kappa shape index (κ2) is 8.03. The third-order valence-electron chi connectivity index (χ3n) is 5.35. The van der Waals surface area contributed by atoms with Crippen LogP contribution in [-0.4, -0.2) is 35.7 Å². The summed E-state index contributed by atoms with van der Waals surface area (Å²) >= 11 is 0. The van der Waals surface area contributed by atoms with E-state index in [4.69, 9.17) is 9.47 Å². The highest BCUT2D eigenvalue weighted by Crippen LogP contribution is 2.39. The molecule has 1 atom stereocenters. The van der Waals surface area contributed by atoms with Gasteiger partial charge in [-0.1, -0.05) is 36.4 Å². The number of aromatic nitrogens is 1. The fraction of sp³-hybridized carbons (Fsp3) is 0.292. The van der Waals surface area contributed by atoms with Gasteiger partial charge in [0.25, 0.3) is 0 Å². The lowest BCUT2D eigenvalue weighted by atomic mass is 9.92. The molecule has 0 fully saturated rings. The van der Waals surface area contributed by atoms with E-state index in [1.807, 2.05) is 36.1 Å². The largest absolute Gasteiger partial charge is 0.490 e. The number of H-pyrrole nitrogens is 1. The van der Waals surface area contributed by atoms with E-state index >= 15 is 0 Å². The van der Waals surface area contributed by atoms with Crippen molar-refractivity contribution in [3.05, 3.63) is 77.5 Å². The van der Waals surface area contributed by atoms with Crippen LogP contribution in [0.1, 0.15) is 35.3 Å². The number of aryl methyl sites for hydroxylation is 1. The summed E-state index contributed by atoms with van der Waals surface area (Å²) in [6, 6.07) is 14.1. The second-order valence-electron chi connectivity index (χ2n) is 7.28. The minimum Gasteiger partial charge on any atom is -0.490 e. The normalized spacial score (nSPS) is 15.8. The van der Waals surface area contributed by atoms with Gasteiger partial charge >= 0.3 is 6.09 Å². The molecule has 1 amide bonds. The van der Waals surface area contributed by atoms with Gasteiger partial charge in [0.2, 0.25) is 0 Å². The summed E-state index contributed by atoms with van der Waals surface area (Å²) in [7, 11) is 0. The van der Waals surface area contributed by atoms with Crippen molar-refractivity contribution in [2.45, 2.75) is 26.3 Å². The second-order valence-corrected chi connectivity index (χ2v) is 7.28. The predicted octanol–water partition coefficient (Wildman–Crippen LogP) is 5.15. The zero-order valence-corrected chi connectivity index (χ0v) is 16.9. The third-order valence-corrected chi connectivity index (χ3v) is 5.35. The molecule has 5 nitrogen and oxygen atoms in total. The number of ether oxygens (including phenoxy) is 2. The molecule has 0 spiro atoms. The molecule has 0 saturated heterocycles. The number of nitrogens with zero attached hydrogens (tertiary/aromatic N) is 1. The van der Waals surface area contributed by atoms with E-state index < -0.39 is 0 Å². The van der Waals surface area contributed by atoms with Crippen molar-refractivity contribution < 1.29 is 14.3 Å². The SMILES string of the molecule is C=CCOc1ccc([C@H]2c3[nH]c4ccc(C)cc4c3CCN2C(=O)OCC)cc1. The lowest BCUT2D eigenvalue weighted by Crippen LogP contribution is -2.40. The first kappa shape index (κ1) is 19.1. The minimum atomic E-state index is -0.287. The van der Waals surface area contributed by atoms with Crippen LogP contribution in [0.4, 0.5) is 4.79 Å². The monoisotopic (exact) mass is 390 g/mol. The number of carbonyl (C=O) groups is 1. The van der Waals surface area contributed by atoms with Gasteiger partial charge in [0.15, 0.2) is 0 Å². The van der Waals surface area contributed by atoms with E-state index in [9.17, 15) is 4.79 Å². The number of carbonyl (C=O) groups excluding carboxylic acids is 1. The number of amides is 1. The van der Waals surface area contributed by atoms with E-state index in [1.165, 1.54) is 16.5 Å². The van der Waals surface area contributed by atoms with Gasteiger partial charge in [0.1, 0.15) is 18.4 Å². The van der Waals surface area contributed by atoms with Crippen LogP contribution in [0.5, 0.6) is 5.75 Å². The minimum absolute atomic E-state index is 0.223. The van der Waals surface area contributed by atoms with Gasteiger partial charge in [-0.15, -0.1) is 0 Å². The lowest BCUT2D eigenvalue weighted by Gasteiger charge is -2.35. The fourth-order valence-corrected chi connectivity index (χ4v) is 4.05. The Hall–Kier alpha value is -3.21. The molecule has 5 heteroatoms. The van der Waals surface area contributed by atoms with Crippen LogP contribution in [0.3, 0.4) is 0 Å². The summed E-state index contributed by atoms with van der Waals surface area (Å²) < 4.78 is 11.0. The smallest absolute Gasteiger partial charge is 0.410 e. The van der Waals surface area contributed by atoms with Crippen molar-refractivity contribution in [1.82, 2.24) is 9.88 Å². The van der Waals surface area contributed by atoms with E-state index in [-0.39, 0.29) is 12.1 Å². The Kier molecular flexibility index (Phi) is 5.30. The molecule has 4 rings (SSSR count). The first-order valence-corrected chi connectivity index (χ1v) is 10.0. The molecule has 1 aliphatic rings. The van der Waals surface area contributed by atoms with Crippen LogP contribution in [0, 0.1) is 6.92 Å². The van der Waals surface area contributed by atoms with Crippen LogP contribution < -0.4 is 4.74 Å². The molecule has 0 radical (unpaired) electrons. The van der Waals surface area contributed by atoms with Crippen molar-refractivity contribution >= 4 is 17.0 Å². The lowest BCUT2D eigenvalue weighted by molar-refractivity contribution is 0.0932. The van der Waals surface area contributed by atoms with Crippen molar-refractivity contribution in [3.8, 4) is 5.75 Å². The molecule has 3 aromatic rings. The zero-order chi connectivity index (χ0) is 20.4. The van der Waals surface area contributed by atoms with E-state index in [0.717, 1.165) is 28.9 Å². The van der Waals surface area contributed by atoms with Crippen LogP contribution in [-0.2, 0) is 11.2 Å². The van der Waals surface area contributed by atoms with Crippen LogP contribution in [0.2, 0.25) is 0 Å². The van der Waals surface area contributed by atoms with Gasteiger partial charge in [-0.05, 0) is 55.7 Å². The molecule has 1 aliphatic heterocycles. The van der Waals surface area contributed by atoms with E-state index in [0.29, 0.717) is 19.8 Å². The first-order chi connectivity index (χ1) is 14.1. The van der Waals surface area contributed by atoms with Gasteiger partial charge in [-0.25, -0.2) is 4.79 Å². The van der Waals surface area contributed by atoms with Crippen molar-refractivity contribution in [2.75, 3.05) is 19.8 Å². The number of fused-ring (bicyclic) bond motifs is 3. The predicted molar refractivity (Wildman–Crippen MR) is 114 cm³/mol. The number of hydrogen-bond donors (Lipinski definition) is 1. The molecule has 1 N–H and O–H groups in total. The number of aromatic amines is 1. The highest BCUT2D eigenvalue weighted by atomic mass is 16.6. The number of rotatable bonds is 5. The van der Waals surface area contributed by atoms with Crippen molar-refractivity contribution in [3.63, 3.8) is 0 Å². The summed E-state index contributed by atoms with van der Waals surface area (Å²) in [5.74, 6) is 0.777. The summed E-state index contributed by atoms with van der Waals surface area (Å²) in [6.07, 6.45) is 2.23. The Morgan fingerprint density at radius 3 is 2.79 bits per heavy atom. The maximum Gasteiger partial charge on any atom is 0.410 e. The van der Waals surface area contributed by atoms with Gasteiger partial charge < -0.3 is 14.5 Å². The molecular weight excluding hydrogens is 364 g/mol. The molecule has 2 heterocycles. The molecule has 150 valence electrons. The maximum atomic E-state index is 12.7. The first-order valence-electron chi connectivity index (χ1n) is 10.0. The Balaban J connectivity index is 1.79. The molecule has 0 aliphatic carbocycles. The summed E-state index contributed by atoms with van der Waals surface area (Å²) in [5.41, 5.74) is 5.69. The van der Waals surface area contributed by atoms with Crippen molar-refractivity contribution in [2.24, 2.45) is 0 Å². The van der Waals surface area contributed by atoms with Crippen molar-refractivity contribution in [1.29, 1.82) is 0 Å². The van der Waals surface area contributed by atoms with E-state index in [2.05, 4.69) is 36.7 Å². The zero-order valence-electron chi connectivity index (χ0n) is 16.9. The molecule has 29 heavy (non-hydrogen) atoms. The fourth-order valence-electron chi connectivity index (χ4n) is 4.05. The molecular formula is C24H26N2O3. The standard InChI is InChI=1S/C24H26N2O3/c1-4-14-29-18-9-7-17(8-10-18)23-22-19(12-13-26(23)24(27)28-5-2)20-15-16(3)6-11-21(20)25-22/h4,6-11,15,23,25H,1,5,12-14H2,2-3H3/t23-/m0/s1. The number of nitrogens with one attached hydrogen (secondary N) is 1. The van der Waals surface area contributed by atoms with Crippen LogP contribution >= 0.6 is 0 Å². The van der Waals surface area contributed by atoms with Gasteiger partial charge in [0, 0.05) is 23.1 Å². The maximum absolute atomic E-state index is 12.7. The van der Waals surface area contributed by atoms with E-state index in [1.54, 1.807) is 6.08 Å². The van der Waals surface area contributed by atoms with Gasteiger partial charge in [0.05, 0.1) is 6.61 Å². The summed E-state index contributed by atoms with van der Waals surface area (Å²) in [5, 5.41) is 1.24. The Labute approximate surface area is 170 Å². The average Bonchev–Trinajstić information content (AvgIpc) is 3.10. The number of benzene rings is 2. The Bertz CT molecular complexity index is 1040. The summed E-state index contributed by atoms with van der Waals surface area (Å²) in [6.45, 7) is 9.05. The third kappa shape index (κ3) is 3.60. The molecule has 0 bridgehead atoms. The van der Waals surface area contributed by atoms with Crippen LogP contribution in [0.25, 0.3) is 10.9 Å². The Morgan fingerprint density at radius 1 is 1.28 bits per heavy atom. The topological polar surface area (TPSA) is 54.6 Å². The summed E-state index contributed by atoms with van der Waals surface area (Å²) in [4.78, 5) is 18.1. The van der Waals surface area contributed by atoms with Gasteiger partial charge in [-0.3, -0.25) is 4.90 Å². The molecule has 0 saturated carbocycles. The quantitative estimate of drug-likeness (QED) is 0.613. The Morgan fingerprint density at radius 2 is 2.07 bits per heavy atom.